The number of hydrogen-bond acceptors (Lipinski definition) is 5. The van der Waals surface area contributed by atoms with E-state index in [0.717, 1.165) is 30.4 Å². The van der Waals surface area contributed by atoms with Gasteiger partial charge in [0.2, 0.25) is 11.8 Å². The summed E-state index contributed by atoms with van der Waals surface area (Å²) in [5.74, 6) is 0.230. The number of thioether (sulfide) groups is 1. The maximum atomic E-state index is 14.1. The monoisotopic (exact) mass is 505 g/mol. The molecule has 35 heavy (non-hydrogen) atoms. The number of benzene rings is 1. The Hall–Kier alpha value is -2.22. The fourth-order valence-electron chi connectivity index (χ4n) is 4.05. The van der Waals surface area contributed by atoms with E-state index in [1.54, 1.807) is 37.4 Å². The fourth-order valence-corrected chi connectivity index (χ4v) is 4.53. The van der Waals surface area contributed by atoms with Crippen molar-refractivity contribution < 1.29 is 19.1 Å². The quantitative estimate of drug-likeness (QED) is 0.494. The van der Waals surface area contributed by atoms with Gasteiger partial charge in [-0.05, 0) is 97.3 Å². The fraction of sp³-hybridized carbons (Fsp3) is 0.667. The summed E-state index contributed by atoms with van der Waals surface area (Å²) < 4.78 is 5.45. The van der Waals surface area contributed by atoms with Gasteiger partial charge in [0.25, 0.3) is 0 Å². The van der Waals surface area contributed by atoms with Crippen molar-refractivity contribution in [1.82, 2.24) is 15.5 Å². The van der Waals surface area contributed by atoms with Gasteiger partial charge in [0, 0.05) is 11.6 Å². The van der Waals surface area contributed by atoms with Crippen LogP contribution in [0.5, 0.6) is 0 Å². The Kier molecular flexibility index (Phi) is 10.1. The SMILES string of the molecule is CSCCC(NC(=O)OC(C)(C)C)C(=O)N(C1CCC1)C(C(=O)NC(C)(C)C)c1ccccc1C. The molecule has 1 aromatic rings. The maximum absolute atomic E-state index is 14.1. The van der Waals surface area contributed by atoms with Crippen LogP contribution >= 0.6 is 11.8 Å². The molecule has 0 aliphatic heterocycles. The molecule has 196 valence electrons. The standard InChI is InChI=1S/C27H43N3O4S/c1-18-12-9-10-15-20(18)22(23(31)29-26(2,3)4)30(19-13-11-14-19)24(32)21(16-17-35-8)28-25(33)34-27(5,6)7/h9-10,12,15,19,21-22H,11,13-14,16-17H2,1-8H3,(H,28,33)(H,29,31). The lowest BCUT2D eigenvalue weighted by Crippen LogP contribution is -2.58. The number of nitrogens with one attached hydrogen (secondary N) is 2. The van der Waals surface area contributed by atoms with Gasteiger partial charge in [-0.1, -0.05) is 24.3 Å². The van der Waals surface area contributed by atoms with E-state index in [4.69, 9.17) is 4.74 Å². The van der Waals surface area contributed by atoms with E-state index in [0.29, 0.717) is 12.2 Å². The predicted octanol–water partition coefficient (Wildman–Crippen LogP) is 4.98. The zero-order valence-corrected chi connectivity index (χ0v) is 23.4. The molecule has 8 heteroatoms. The van der Waals surface area contributed by atoms with Crippen molar-refractivity contribution in [3.05, 3.63) is 35.4 Å². The average Bonchev–Trinajstić information content (AvgIpc) is 2.67. The second-order valence-corrected chi connectivity index (χ2v) is 12.3. The molecule has 1 aliphatic rings. The molecule has 2 atom stereocenters. The molecule has 1 aliphatic carbocycles. The van der Waals surface area contributed by atoms with E-state index < -0.39 is 29.3 Å². The maximum Gasteiger partial charge on any atom is 0.408 e. The number of ether oxygens (including phenoxy) is 1. The molecule has 7 nitrogen and oxygen atoms in total. The molecule has 0 aromatic heterocycles. The normalized spacial score (nSPS) is 16.0. The second kappa shape index (κ2) is 12.2. The largest absolute Gasteiger partial charge is 0.444 e. The summed E-state index contributed by atoms with van der Waals surface area (Å²) in [4.78, 5) is 42.2. The zero-order valence-electron chi connectivity index (χ0n) is 22.6. The molecular weight excluding hydrogens is 462 g/mol. The van der Waals surface area contributed by atoms with Crippen molar-refractivity contribution in [2.75, 3.05) is 12.0 Å². The number of alkyl carbamates (subject to hydrolysis) is 1. The predicted molar refractivity (Wildman–Crippen MR) is 142 cm³/mol. The van der Waals surface area contributed by atoms with Crippen LogP contribution in [0, 0.1) is 6.92 Å². The van der Waals surface area contributed by atoms with Crippen LogP contribution in [0.25, 0.3) is 0 Å². The van der Waals surface area contributed by atoms with Gasteiger partial charge in [-0.25, -0.2) is 4.79 Å². The molecule has 3 amide bonds. The van der Waals surface area contributed by atoms with Gasteiger partial charge in [-0.3, -0.25) is 9.59 Å². The Balaban J connectivity index is 2.50. The van der Waals surface area contributed by atoms with Crippen molar-refractivity contribution >= 4 is 29.7 Å². The summed E-state index contributed by atoms with van der Waals surface area (Å²) in [6.45, 7) is 13.1. The highest BCUT2D eigenvalue weighted by Crippen LogP contribution is 2.35. The number of nitrogens with zero attached hydrogens (tertiary/aromatic N) is 1. The van der Waals surface area contributed by atoms with Gasteiger partial charge in [0.1, 0.15) is 17.7 Å². The first-order valence-electron chi connectivity index (χ1n) is 12.4. The van der Waals surface area contributed by atoms with E-state index >= 15 is 0 Å². The van der Waals surface area contributed by atoms with E-state index in [9.17, 15) is 14.4 Å². The number of rotatable bonds is 9. The van der Waals surface area contributed by atoms with Crippen LogP contribution in [0.3, 0.4) is 0 Å². The molecule has 2 unspecified atom stereocenters. The second-order valence-electron chi connectivity index (χ2n) is 11.3. The van der Waals surface area contributed by atoms with Gasteiger partial charge >= 0.3 is 6.09 Å². The summed E-state index contributed by atoms with van der Waals surface area (Å²) in [5.41, 5.74) is 0.607. The lowest BCUT2D eigenvalue weighted by molar-refractivity contribution is -0.148. The molecule has 2 N–H and O–H groups in total. The molecule has 0 spiro atoms. The number of aryl methyl sites for hydroxylation is 1. The summed E-state index contributed by atoms with van der Waals surface area (Å²) in [6, 6.07) is 6.07. The first-order chi connectivity index (χ1) is 16.2. The van der Waals surface area contributed by atoms with Crippen molar-refractivity contribution in [2.24, 2.45) is 0 Å². The van der Waals surface area contributed by atoms with E-state index in [1.807, 2.05) is 58.2 Å². The van der Waals surface area contributed by atoms with Crippen LogP contribution in [0.1, 0.15) is 84.4 Å². The molecule has 1 aromatic carbocycles. The van der Waals surface area contributed by atoms with Gasteiger partial charge in [0.05, 0.1) is 0 Å². The van der Waals surface area contributed by atoms with Crippen LogP contribution in [0.15, 0.2) is 24.3 Å². The Morgan fingerprint density at radius 2 is 1.74 bits per heavy atom. The van der Waals surface area contributed by atoms with Crippen molar-refractivity contribution in [3.63, 3.8) is 0 Å². The smallest absolute Gasteiger partial charge is 0.408 e. The minimum Gasteiger partial charge on any atom is -0.444 e. The van der Waals surface area contributed by atoms with Gasteiger partial charge < -0.3 is 20.3 Å². The Labute approximate surface area is 215 Å². The number of carbonyl (C=O) groups excluding carboxylic acids is 3. The number of amides is 3. The molecular formula is C27H43N3O4S. The highest BCUT2D eigenvalue weighted by molar-refractivity contribution is 7.98. The van der Waals surface area contributed by atoms with E-state index in [1.165, 1.54) is 0 Å². The zero-order chi connectivity index (χ0) is 26.4. The Morgan fingerprint density at radius 3 is 2.23 bits per heavy atom. The topological polar surface area (TPSA) is 87.7 Å². The number of hydrogen-bond donors (Lipinski definition) is 2. The van der Waals surface area contributed by atoms with Crippen LogP contribution in [-0.4, -0.2) is 58.0 Å². The van der Waals surface area contributed by atoms with Gasteiger partial charge in [-0.15, -0.1) is 0 Å². The lowest BCUT2D eigenvalue weighted by atomic mass is 9.87. The summed E-state index contributed by atoms with van der Waals surface area (Å²) in [7, 11) is 0. The van der Waals surface area contributed by atoms with Crippen LogP contribution in [-0.2, 0) is 14.3 Å². The Morgan fingerprint density at radius 1 is 1.11 bits per heavy atom. The molecule has 0 heterocycles. The molecule has 0 saturated heterocycles. The van der Waals surface area contributed by atoms with E-state index in [-0.39, 0.29) is 17.9 Å². The molecule has 1 saturated carbocycles. The van der Waals surface area contributed by atoms with Crippen LogP contribution in [0.2, 0.25) is 0 Å². The van der Waals surface area contributed by atoms with E-state index in [2.05, 4.69) is 10.6 Å². The Bertz CT molecular complexity index is 887. The molecule has 1 fully saturated rings. The van der Waals surface area contributed by atoms with Crippen LogP contribution < -0.4 is 10.6 Å². The van der Waals surface area contributed by atoms with Crippen molar-refractivity contribution in [1.29, 1.82) is 0 Å². The summed E-state index contributed by atoms with van der Waals surface area (Å²) in [6.07, 6.45) is 4.45. The summed E-state index contributed by atoms with van der Waals surface area (Å²) in [5, 5.41) is 5.89. The molecule has 0 radical (unpaired) electrons. The third-order valence-corrected chi connectivity index (χ3v) is 6.47. The lowest BCUT2D eigenvalue weighted by Gasteiger charge is -2.44. The van der Waals surface area contributed by atoms with Gasteiger partial charge in [-0.2, -0.15) is 11.8 Å². The van der Waals surface area contributed by atoms with Crippen molar-refractivity contribution in [3.8, 4) is 0 Å². The van der Waals surface area contributed by atoms with Crippen molar-refractivity contribution in [2.45, 2.75) is 103 Å². The number of carbonyl (C=O) groups is 3. The minimum absolute atomic E-state index is 0.0601. The van der Waals surface area contributed by atoms with Crippen LogP contribution in [0.4, 0.5) is 4.79 Å². The third-order valence-electron chi connectivity index (χ3n) is 5.83. The first kappa shape index (κ1) is 29.0. The molecule has 0 bridgehead atoms. The highest BCUT2D eigenvalue weighted by atomic mass is 32.2. The minimum atomic E-state index is -0.787. The molecule has 2 rings (SSSR count). The third kappa shape index (κ3) is 8.74. The average molecular weight is 506 g/mol. The van der Waals surface area contributed by atoms with Gasteiger partial charge in [0.15, 0.2) is 0 Å². The first-order valence-corrected chi connectivity index (χ1v) is 13.8. The summed E-state index contributed by atoms with van der Waals surface area (Å²) >= 11 is 1.61. The highest BCUT2D eigenvalue weighted by Gasteiger charge is 2.42.